The molecule has 4 nitrogen and oxygen atoms in total. The second-order valence-electron chi connectivity index (χ2n) is 3.08. The summed E-state index contributed by atoms with van der Waals surface area (Å²) < 4.78 is 3.30. The van der Waals surface area contributed by atoms with Gasteiger partial charge in [0, 0.05) is 15.1 Å². The minimum Gasteiger partial charge on any atom is -0.476 e. The molecule has 0 spiro atoms. The first kappa shape index (κ1) is 11.3. The average Bonchev–Trinajstić information content (AvgIpc) is 2.64. The van der Waals surface area contributed by atoms with Gasteiger partial charge >= 0.3 is 5.97 Å². The summed E-state index contributed by atoms with van der Waals surface area (Å²) in [4.78, 5) is 10.7. The van der Waals surface area contributed by atoms with Crippen LogP contribution in [0.25, 0.3) is 5.69 Å². The maximum Gasteiger partial charge on any atom is 0.356 e. The topological polar surface area (TPSA) is 55.1 Å². The van der Waals surface area contributed by atoms with Crippen molar-refractivity contribution in [2.75, 3.05) is 0 Å². The number of rotatable bonds is 2. The molecule has 0 atom stereocenters. The number of halogens is 2. The van der Waals surface area contributed by atoms with Gasteiger partial charge in [-0.15, -0.1) is 0 Å². The standard InChI is InChI=1S/C10H6Br2N2O2/c11-6-3-7(12)5-8(4-6)14-2-1-9(13-14)10(15)16/h1-5H,(H,15,16). The van der Waals surface area contributed by atoms with Crippen LogP contribution < -0.4 is 0 Å². The van der Waals surface area contributed by atoms with Crippen molar-refractivity contribution >= 4 is 37.8 Å². The van der Waals surface area contributed by atoms with Crippen LogP contribution in [0.1, 0.15) is 10.5 Å². The molecule has 16 heavy (non-hydrogen) atoms. The predicted molar refractivity (Wildman–Crippen MR) is 65.9 cm³/mol. The molecule has 0 radical (unpaired) electrons. The minimum atomic E-state index is -1.03. The van der Waals surface area contributed by atoms with Gasteiger partial charge in [-0.2, -0.15) is 5.10 Å². The molecule has 6 heteroatoms. The highest BCUT2D eigenvalue weighted by molar-refractivity contribution is 9.11. The number of carbonyl (C=O) groups is 1. The molecule has 0 fully saturated rings. The zero-order valence-electron chi connectivity index (χ0n) is 7.89. The van der Waals surface area contributed by atoms with Gasteiger partial charge in [0.1, 0.15) is 0 Å². The minimum absolute atomic E-state index is 0.0242. The smallest absolute Gasteiger partial charge is 0.356 e. The molecule has 0 aliphatic rings. The van der Waals surface area contributed by atoms with Crippen molar-refractivity contribution in [2.45, 2.75) is 0 Å². The van der Waals surface area contributed by atoms with Crippen LogP contribution in [-0.4, -0.2) is 20.9 Å². The molecule has 0 saturated heterocycles. The number of nitrogens with zero attached hydrogens (tertiary/aromatic N) is 2. The fourth-order valence-corrected chi connectivity index (χ4v) is 2.52. The highest BCUT2D eigenvalue weighted by Crippen LogP contribution is 2.22. The second kappa shape index (κ2) is 4.39. The molecule has 1 aromatic heterocycles. The maximum absolute atomic E-state index is 10.7. The zero-order valence-corrected chi connectivity index (χ0v) is 11.1. The Labute approximate surface area is 108 Å². The van der Waals surface area contributed by atoms with Crippen molar-refractivity contribution in [3.8, 4) is 5.69 Å². The molecular weight excluding hydrogens is 340 g/mol. The van der Waals surface area contributed by atoms with Crippen LogP contribution >= 0.6 is 31.9 Å². The van der Waals surface area contributed by atoms with Crippen molar-refractivity contribution in [1.82, 2.24) is 9.78 Å². The maximum atomic E-state index is 10.7. The summed E-state index contributed by atoms with van der Waals surface area (Å²) >= 11 is 6.72. The fraction of sp³-hybridized carbons (Fsp3) is 0. The summed E-state index contributed by atoms with van der Waals surface area (Å²) in [5.41, 5.74) is 0.810. The lowest BCUT2D eigenvalue weighted by Crippen LogP contribution is -2.00. The van der Waals surface area contributed by atoms with Gasteiger partial charge in [-0.05, 0) is 24.3 Å². The first-order valence-electron chi connectivity index (χ1n) is 4.32. The molecular formula is C10H6Br2N2O2. The normalized spacial score (nSPS) is 10.4. The van der Waals surface area contributed by atoms with E-state index in [1.54, 1.807) is 6.20 Å². The number of hydrogen-bond acceptors (Lipinski definition) is 2. The van der Waals surface area contributed by atoms with Crippen LogP contribution in [-0.2, 0) is 0 Å². The summed E-state index contributed by atoms with van der Waals surface area (Å²) in [6.07, 6.45) is 1.61. The Bertz CT molecular complexity index is 531. The van der Waals surface area contributed by atoms with E-state index in [0.29, 0.717) is 0 Å². The van der Waals surface area contributed by atoms with Gasteiger partial charge in [-0.25, -0.2) is 9.48 Å². The van der Waals surface area contributed by atoms with E-state index in [1.165, 1.54) is 10.7 Å². The van der Waals surface area contributed by atoms with Crippen molar-refractivity contribution in [3.63, 3.8) is 0 Å². The molecule has 82 valence electrons. The van der Waals surface area contributed by atoms with E-state index < -0.39 is 5.97 Å². The molecule has 1 N–H and O–H groups in total. The van der Waals surface area contributed by atoms with Crippen molar-refractivity contribution in [2.24, 2.45) is 0 Å². The molecule has 2 rings (SSSR count). The number of hydrogen-bond donors (Lipinski definition) is 1. The number of aromatic carboxylic acids is 1. The number of benzene rings is 1. The van der Waals surface area contributed by atoms with E-state index in [0.717, 1.165) is 14.6 Å². The molecule has 0 aliphatic carbocycles. The van der Waals surface area contributed by atoms with E-state index >= 15 is 0 Å². The summed E-state index contributed by atoms with van der Waals surface area (Å²) in [7, 11) is 0. The van der Waals surface area contributed by atoms with Crippen LogP contribution in [0.15, 0.2) is 39.4 Å². The predicted octanol–water partition coefficient (Wildman–Crippen LogP) is 3.10. The Morgan fingerprint density at radius 3 is 2.38 bits per heavy atom. The van der Waals surface area contributed by atoms with Crippen LogP contribution in [0, 0.1) is 0 Å². The Hall–Kier alpha value is -1.14. The van der Waals surface area contributed by atoms with Crippen LogP contribution in [0.2, 0.25) is 0 Å². The number of carboxylic acids is 1. The van der Waals surface area contributed by atoms with Gasteiger partial charge < -0.3 is 5.11 Å². The van der Waals surface area contributed by atoms with Gasteiger partial charge in [-0.1, -0.05) is 31.9 Å². The lowest BCUT2D eigenvalue weighted by atomic mass is 10.3. The summed E-state index contributed by atoms with van der Waals surface area (Å²) in [5.74, 6) is -1.03. The Balaban J connectivity index is 2.46. The van der Waals surface area contributed by atoms with E-state index in [9.17, 15) is 4.79 Å². The van der Waals surface area contributed by atoms with Crippen LogP contribution in [0.5, 0.6) is 0 Å². The lowest BCUT2D eigenvalue weighted by molar-refractivity contribution is 0.0690. The Morgan fingerprint density at radius 2 is 1.88 bits per heavy atom. The van der Waals surface area contributed by atoms with Gasteiger partial charge in [-0.3, -0.25) is 0 Å². The zero-order chi connectivity index (χ0) is 11.7. The molecule has 0 aliphatic heterocycles. The highest BCUT2D eigenvalue weighted by atomic mass is 79.9. The molecule has 1 aromatic carbocycles. The highest BCUT2D eigenvalue weighted by Gasteiger charge is 2.08. The van der Waals surface area contributed by atoms with Crippen LogP contribution in [0.4, 0.5) is 0 Å². The Morgan fingerprint density at radius 1 is 1.25 bits per heavy atom. The second-order valence-corrected chi connectivity index (χ2v) is 4.91. The fourth-order valence-electron chi connectivity index (χ4n) is 1.25. The molecule has 0 unspecified atom stereocenters. The molecule has 0 bridgehead atoms. The lowest BCUT2D eigenvalue weighted by Gasteiger charge is -2.02. The molecule has 0 amide bonds. The average molecular weight is 346 g/mol. The quantitative estimate of drug-likeness (QED) is 0.909. The molecule has 0 saturated carbocycles. The summed E-state index contributed by atoms with van der Waals surface area (Å²) in [5, 5.41) is 12.7. The van der Waals surface area contributed by atoms with Gasteiger partial charge in [0.15, 0.2) is 5.69 Å². The summed E-state index contributed by atoms with van der Waals surface area (Å²) in [6, 6.07) is 7.05. The van der Waals surface area contributed by atoms with Crippen molar-refractivity contribution < 1.29 is 9.90 Å². The van der Waals surface area contributed by atoms with E-state index in [1.807, 2.05) is 18.2 Å². The van der Waals surface area contributed by atoms with E-state index in [4.69, 9.17) is 5.11 Å². The van der Waals surface area contributed by atoms with Crippen molar-refractivity contribution in [3.05, 3.63) is 45.1 Å². The third kappa shape index (κ3) is 2.33. The SMILES string of the molecule is O=C(O)c1ccn(-c2cc(Br)cc(Br)c2)n1. The van der Waals surface area contributed by atoms with Crippen molar-refractivity contribution in [1.29, 1.82) is 0 Å². The Kier molecular flexibility index (Phi) is 3.11. The van der Waals surface area contributed by atoms with Crippen LogP contribution in [0.3, 0.4) is 0 Å². The largest absolute Gasteiger partial charge is 0.476 e. The number of carboxylic acid groups (broad SMARTS) is 1. The first-order valence-corrected chi connectivity index (χ1v) is 5.90. The third-order valence-corrected chi connectivity index (χ3v) is 2.84. The molecule has 2 aromatic rings. The van der Waals surface area contributed by atoms with E-state index in [2.05, 4.69) is 37.0 Å². The number of aromatic nitrogens is 2. The van der Waals surface area contributed by atoms with E-state index in [-0.39, 0.29) is 5.69 Å². The van der Waals surface area contributed by atoms with Gasteiger partial charge in [0.25, 0.3) is 0 Å². The third-order valence-electron chi connectivity index (χ3n) is 1.92. The summed E-state index contributed by atoms with van der Waals surface area (Å²) in [6.45, 7) is 0. The first-order chi connectivity index (χ1) is 7.56. The monoisotopic (exact) mass is 344 g/mol. The van der Waals surface area contributed by atoms with Gasteiger partial charge in [0.05, 0.1) is 5.69 Å². The molecule has 1 heterocycles. The van der Waals surface area contributed by atoms with Gasteiger partial charge in [0.2, 0.25) is 0 Å².